The Bertz CT molecular complexity index is 379. The summed E-state index contributed by atoms with van der Waals surface area (Å²) in [4.78, 5) is 2.33. The highest BCUT2D eigenvalue weighted by atomic mass is 16.5. The van der Waals surface area contributed by atoms with E-state index in [1.807, 2.05) is 0 Å². The van der Waals surface area contributed by atoms with Crippen LogP contribution < -0.4 is 10.2 Å². The maximum atomic E-state index is 5.37. The molecule has 0 bridgehead atoms. The van der Waals surface area contributed by atoms with Crippen LogP contribution in [0, 0.1) is 13.8 Å². The molecule has 19 heavy (non-hydrogen) atoms. The summed E-state index contributed by atoms with van der Waals surface area (Å²) >= 11 is 0. The van der Waals surface area contributed by atoms with Crippen LogP contribution in [0.5, 0.6) is 0 Å². The first-order valence-corrected chi connectivity index (χ1v) is 7.26. The highest BCUT2D eigenvalue weighted by molar-refractivity contribution is 5.50. The first-order valence-electron chi connectivity index (χ1n) is 7.26. The highest BCUT2D eigenvalue weighted by Gasteiger charge is 2.12. The van der Waals surface area contributed by atoms with Crippen molar-refractivity contribution < 1.29 is 4.74 Å². The molecule has 3 nitrogen and oxygen atoms in total. The van der Waals surface area contributed by atoms with Gasteiger partial charge in [0.05, 0.1) is 0 Å². The minimum absolute atomic E-state index is 0.640. The number of hydrogen-bond acceptors (Lipinski definition) is 3. The number of rotatable bonds is 5. The van der Waals surface area contributed by atoms with Gasteiger partial charge in [-0.1, -0.05) is 6.07 Å². The smallest absolute Gasteiger partial charge is 0.0480 e. The summed E-state index contributed by atoms with van der Waals surface area (Å²) in [5.41, 5.74) is 3.98. The largest absolute Gasteiger partial charge is 0.381 e. The Morgan fingerprint density at radius 2 is 1.79 bits per heavy atom. The van der Waals surface area contributed by atoms with E-state index in [1.165, 1.54) is 16.8 Å². The predicted octanol–water partition coefficient (Wildman–Crippen LogP) is 2.51. The highest BCUT2D eigenvalue weighted by Crippen LogP contribution is 2.17. The zero-order valence-electron chi connectivity index (χ0n) is 12.4. The van der Waals surface area contributed by atoms with Crippen molar-refractivity contribution in [1.29, 1.82) is 0 Å². The molecular weight excluding hydrogens is 236 g/mol. The van der Waals surface area contributed by atoms with E-state index >= 15 is 0 Å². The van der Waals surface area contributed by atoms with Crippen LogP contribution in [0.3, 0.4) is 0 Å². The van der Waals surface area contributed by atoms with Crippen molar-refractivity contribution in [2.45, 2.75) is 32.7 Å². The topological polar surface area (TPSA) is 24.5 Å². The molecule has 0 aliphatic carbocycles. The molecule has 3 heteroatoms. The lowest BCUT2D eigenvalue weighted by Crippen LogP contribution is -2.39. The van der Waals surface area contributed by atoms with Crippen molar-refractivity contribution >= 4 is 5.69 Å². The van der Waals surface area contributed by atoms with E-state index in [-0.39, 0.29) is 0 Å². The van der Waals surface area contributed by atoms with Crippen LogP contribution in [-0.2, 0) is 4.74 Å². The van der Waals surface area contributed by atoms with Gasteiger partial charge >= 0.3 is 0 Å². The van der Waals surface area contributed by atoms with Crippen molar-refractivity contribution in [3.63, 3.8) is 0 Å². The van der Waals surface area contributed by atoms with Crippen LogP contribution in [0.15, 0.2) is 18.2 Å². The summed E-state index contributed by atoms with van der Waals surface area (Å²) in [6.45, 7) is 8.21. The van der Waals surface area contributed by atoms with Gasteiger partial charge in [0.25, 0.3) is 0 Å². The second kappa shape index (κ2) is 6.92. The van der Waals surface area contributed by atoms with Crippen molar-refractivity contribution in [2.75, 3.05) is 38.3 Å². The van der Waals surface area contributed by atoms with E-state index in [0.29, 0.717) is 6.04 Å². The van der Waals surface area contributed by atoms with Crippen LogP contribution in [-0.4, -0.2) is 39.4 Å². The third kappa shape index (κ3) is 4.51. The molecule has 0 unspecified atom stereocenters. The van der Waals surface area contributed by atoms with Gasteiger partial charge in [-0.2, -0.15) is 0 Å². The molecule has 1 aliphatic heterocycles. The zero-order valence-corrected chi connectivity index (χ0v) is 12.4. The summed E-state index contributed by atoms with van der Waals surface area (Å²) in [6, 6.07) is 7.36. The van der Waals surface area contributed by atoms with Gasteiger partial charge in [-0.25, -0.2) is 0 Å². The Kier molecular flexibility index (Phi) is 5.23. The van der Waals surface area contributed by atoms with Crippen LogP contribution >= 0.6 is 0 Å². The van der Waals surface area contributed by atoms with Crippen LogP contribution in [0.25, 0.3) is 0 Å². The summed E-state index contributed by atoms with van der Waals surface area (Å²) in [5, 5.41) is 3.63. The monoisotopic (exact) mass is 262 g/mol. The first kappa shape index (κ1) is 14.4. The molecule has 0 amide bonds. The number of ether oxygens (including phenoxy) is 1. The number of aryl methyl sites for hydroxylation is 2. The average molecular weight is 262 g/mol. The van der Waals surface area contributed by atoms with Crippen LogP contribution in [0.4, 0.5) is 5.69 Å². The minimum Gasteiger partial charge on any atom is -0.381 e. The SMILES string of the molecule is Cc1cc(C)cc(N(C)CCNC2CCOCC2)c1. The number of anilines is 1. The predicted molar refractivity (Wildman–Crippen MR) is 81.0 cm³/mol. The molecule has 2 rings (SSSR count). The zero-order chi connectivity index (χ0) is 13.7. The van der Waals surface area contributed by atoms with E-state index in [4.69, 9.17) is 4.74 Å². The number of benzene rings is 1. The van der Waals surface area contributed by atoms with Gasteiger partial charge in [-0.05, 0) is 49.9 Å². The van der Waals surface area contributed by atoms with Crippen LogP contribution in [0.1, 0.15) is 24.0 Å². The van der Waals surface area contributed by atoms with Gasteiger partial charge < -0.3 is 15.0 Å². The molecule has 0 atom stereocenters. The van der Waals surface area contributed by atoms with E-state index in [9.17, 15) is 0 Å². The molecular formula is C16H26N2O. The Morgan fingerprint density at radius 1 is 1.16 bits per heavy atom. The summed E-state index contributed by atoms with van der Waals surface area (Å²) < 4.78 is 5.37. The summed E-state index contributed by atoms with van der Waals surface area (Å²) in [7, 11) is 2.17. The standard InChI is InChI=1S/C16H26N2O/c1-13-10-14(2)12-16(11-13)18(3)7-6-17-15-4-8-19-9-5-15/h10-12,15,17H,4-9H2,1-3H3. The summed E-state index contributed by atoms with van der Waals surface area (Å²) in [5.74, 6) is 0. The van der Waals surface area contributed by atoms with Crippen LogP contribution in [0.2, 0.25) is 0 Å². The van der Waals surface area contributed by atoms with E-state index in [2.05, 4.69) is 49.3 Å². The fraction of sp³-hybridized carbons (Fsp3) is 0.625. The van der Waals surface area contributed by atoms with Gasteiger partial charge in [0.2, 0.25) is 0 Å². The summed E-state index contributed by atoms with van der Waals surface area (Å²) in [6.07, 6.45) is 2.29. The van der Waals surface area contributed by atoms with Gasteiger partial charge in [-0.15, -0.1) is 0 Å². The van der Waals surface area contributed by atoms with Crippen molar-refractivity contribution in [3.05, 3.63) is 29.3 Å². The van der Waals surface area contributed by atoms with E-state index in [1.54, 1.807) is 0 Å². The molecule has 1 saturated heterocycles. The fourth-order valence-electron chi connectivity index (χ4n) is 2.64. The molecule has 106 valence electrons. The number of nitrogens with zero attached hydrogens (tertiary/aromatic N) is 1. The van der Waals surface area contributed by atoms with Crippen molar-refractivity contribution in [1.82, 2.24) is 5.32 Å². The molecule has 0 radical (unpaired) electrons. The Labute approximate surface area is 116 Å². The lowest BCUT2D eigenvalue weighted by atomic mass is 10.1. The number of nitrogens with one attached hydrogen (secondary N) is 1. The Balaban J connectivity index is 1.78. The maximum absolute atomic E-state index is 5.37. The lowest BCUT2D eigenvalue weighted by Gasteiger charge is -2.26. The molecule has 1 aromatic rings. The number of likely N-dealkylation sites (N-methyl/N-ethyl adjacent to an activating group) is 1. The third-order valence-corrected chi connectivity index (χ3v) is 3.75. The molecule has 1 heterocycles. The normalized spacial score (nSPS) is 16.6. The minimum atomic E-state index is 0.640. The Morgan fingerprint density at radius 3 is 2.42 bits per heavy atom. The molecule has 1 aromatic carbocycles. The van der Waals surface area contributed by atoms with Gasteiger partial charge in [0, 0.05) is 45.1 Å². The molecule has 0 aromatic heterocycles. The second-order valence-corrected chi connectivity index (χ2v) is 5.61. The van der Waals surface area contributed by atoms with Crippen molar-refractivity contribution in [3.8, 4) is 0 Å². The molecule has 1 fully saturated rings. The lowest BCUT2D eigenvalue weighted by molar-refractivity contribution is 0.0783. The number of hydrogen-bond donors (Lipinski definition) is 1. The molecule has 0 saturated carbocycles. The van der Waals surface area contributed by atoms with E-state index < -0.39 is 0 Å². The first-order chi connectivity index (χ1) is 9.15. The van der Waals surface area contributed by atoms with Crippen molar-refractivity contribution in [2.24, 2.45) is 0 Å². The molecule has 1 N–H and O–H groups in total. The van der Waals surface area contributed by atoms with Gasteiger partial charge in [0.15, 0.2) is 0 Å². The van der Waals surface area contributed by atoms with Gasteiger partial charge in [0.1, 0.15) is 0 Å². The molecule has 0 spiro atoms. The molecule has 1 aliphatic rings. The quantitative estimate of drug-likeness (QED) is 0.882. The second-order valence-electron chi connectivity index (χ2n) is 5.61. The fourth-order valence-corrected chi connectivity index (χ4v) is 2.64. The van der Waals surface area contributed by atoms with E-state index in [0.717, 1.165) is 39.1 Å². The maximum Gasteiger partial charge on any atom is 0.0480 e. The third-order valence-electron chi connectivity index (χ3n) is 3.75. The average Bonchev–Trinajstić information content (AvgIpc) is 2.38. The Hall–Kier alpha value is -1.06. The van der Waals surface area contributed by atoms with Gasteiger partial charge in [-0.3, -0.25) is 0 Å².